The van der Waals surface area contributed by atoms with E-state index in [1.807, 2.05) is 6.92 Å². The first kappa shape index (κ1) is 18.0. The van der Waals surface area contributed by atoms with Gasteiger partial charge < -0.3 is 10.6 Å². The molecule has 1 aliphatic rings. The molecule has 0 saturated heterocycles. The Hall–Kier alpha value is -2.77. The second-order valence-electron chi connectivity index (χ2n) is 5.66. The van der Waals surface area contributed by atoms with E-state index in [1.54, 1.807) is 42.5 Å². The third-order valence-electron chi connectivity index (χ3n) is 3.95. The van der Waals surface area contributed by atoms with Crippen LogP contribution in [-0.2, 0) is 4.79 Å². The lowest BCUT2D eigenvalue weighted by molar-refractivity contribution is -0.120. The topological polar surface area (TPSA) is 78.5 Å². The summed E-state index contributed by atoms with van der Waals surface area (Å²) in [4.78, 5) is 37.6. The van der Waals surface area contributed by atoms with Gasteiger partial charge in [0.25, 0.3) is 11.8 Å². The van der Waals surface area contributed by atoms with Crippen LogP contribution in [-0.4, -0.2) is 34.3 Å². The second kappa shape index (κ2) is 7.23. The second-order valence-corrected chi connectivity index (χ2v) is 6.47. The number of imide groups is 1. The van der Waals surface area contributed by atoms with Crippen LogP contribution in [0, 0.1) is 6.92 Å². The van der Waals surface area contributed by atoms with Gasteiger partial charge in [-0.2, -0.15) is 0 Å². The van der Waals surface area contributed by atoms with Crippen molar-refractivity contribution in [1.29, 1.82) is 0 Å². The lowest BCUT2D eigenvalue weighted by Crippen LogP contribution is -2.43. The SMILES string of the molecule is Cc1c(Cl)cccc1NC(=S)NC(=O)CN1C(=O)c2ccccc2C1=O. The lowest BCUT2D eigenvalue weighted by Gasteiger charge is -2.15. The Labute approximate surface area is 160 Å². The number of hydrogen-bond donors (Lipinski definition) is 2. The molecule has 2 aromatic carbocycles. The highest BCUT2D eigenvalue weighted by Crippen LogP contribution is 2.23. The first-order valence-corrected chi connectivity index (χ1v) is 8.48. The minimum Gasteiger partial charge on any atom is -0.332 e. The third-order valence-corrected chi connectivity index (χ3v) is 4.56. The summed E-state index contributed by atoms with van der Waals surface area (Å²) in [5, 5.41) is 5.95. The van der Waals surface area contributed by atoms with Crippen LogP contribution in [0.3, 0.4) is 0 Å². The number of nitrogens with zero attached hydrogens (tertiary/aromatic N) is 1. The molecule has 6 nitrogen and oxygen atoms in total. The molecule has 0 aliphatic carbocycles. The summed E-state index contributed by atoms with van der Waals surface area (Å²) in [6.07, 6.45) is 0. The van der Waals surface area contributed by atoms with Gasteiger partial charge in [0, 0.05) is 10.7 Å². The Bertz CT molecular complexity index is 910. The van der Waals surface area contributed by atoms with E-state index < -0.39 is 24.3 Å². The Balaban J connectivity index is 1.63. The molecular weight excluding hydrogens is 374 g/mol. The normalized spacial score (nSPS) is 12.8. The van der Waals surface area contributed by atoms with Gasteiger partial charge in [0.2, 0.25) is 5.91 Å². The van der Waals surface area contributed by atoms with Crippen LogP contribution in [0.2, 0.25) is 5.02 Å². The number of carbonyl (C=O) groups is 3. The van der Waals surface area contributed by atoms with E-state index in [2.05, 4.69) is 10.6 Å². The van der Waals surface area contributed by atoms with E-state index in [-0.39, 0.29) is 5.11 Å². The highest BCUT2D eigenvalue weighted by molar-refractivity contribution is 7.80. The molecule has 3 rings (SSSR count). The number of rotatable bonds is 3. The highest BCUT2D eigenvalue weighted by Gasteiger charge is 2.36. The number of nitrogens with one attached hydrogen (secondary N) is 2. The van der Waals surface area contributed by atoms with Crippen molar-refractivity contribution >= 4 is 52.3 Å². The molecule has 0 radical (unpaired) electrons. The molecule has 0 saturated carbocycles. The van der Waals surface area contributed by atoms with Crippen LogP contribution < -0.4 is 10.6 Å². The van der Waals surface area contributed by atoms with Gasteiger partial charge >= 0.3 is 0 Å². The number of halogens is 1. The van der Waals surface area contributed by atoms with E-state index in [9.17, 15) is 14.4 Å². The molecule has 3 amide bonds. The molecule has 0 fully saturated rings. The molecule has 0 bridgehead atoms. The number of benzene rings is 2. The number of fused-ring (bicyclic) bond motifs is 1. The molecule has 1 aliphatic heterocycles. The summed E-state index contributed by atoms with van der Waals surface area (Å²) in [5.74, 6) is -1.56. The van der Waals surface area contributed by atoms with Gasteiger partial charge in [-0.3, -0.25) is 19.3 Å². The first-order valence-electron chi connectivity index (χ1n) is 7.69. The molecule has 0 unspecified atom stereocenters. The molecule has 2 aromatic rings. The van der Waals surface area contributed by atoms with Gasteiger partial charge in [-0.15, -0.1) is 0 Å². The largest absolute Gasteiger partial charge is 0.332 e. The predicted octanol–water partition coefficient (Wildman–Crippen LogP) is 2.76. The number of carbonyl (C=O) groups excluding carboxylic acids is 3. The van der Waals surface area contributed by atoms with Crippen molar-refractivity contribution in [3.63, 3.8) is 0 Å². The number of thiocarbonyl (C=S) groups is 1. The maximum atomic E-state index is 12.3. The Morgan fingerprint density at radius 1 is 1.08 bits per heavy atom. The van der Waals surface area contributed by atoms with Crippen molar-refractivity contribution in [3.05, 3.63) is 64.2 Å². The quantitative estimate of drug-likeness (QED) is 0.625. The maximum Gasteiger partial charge on any atom is 0.262 e. The summed E-state index contributed by atoms with van der Waals surface area (Å²) in [6, 6.07) is 11.7. The molecular formula is C18H14ClN3O3S. The molecule has 8 heteroatoms. The van der Waals surface area contributed by atoms with Gasteiger partial charge in [0.15, 0.2) is 5.11 Å². The van der Waals surface area contributed by atoms with E-state index in [0.29, 0.717) is 21.8 Å². The molecule has 1 heterocycles. The van der Waals surface area contributed by atoms with Gasteiger partial charge in [-0.05, 0) is 49.0 Å². The third kappa shape index (κ3) is 3.44. The fourth-order valence-electron chi connectivity index (χ4n) is 2.59. The van der Waals surface area contributed by atoms with Crippen LogP contribution >= 0.6 is 23.8 Å². The Morgan fingerprint density at radius 2 is 1.69 bits per heavy atom. The Morgan fingerprint density at radius 3 is 2.31 bits per heavy atom. The van der Waals surface area contributed by atoms with Crippen molar-refractivity contribution in [3.8, 4) is 0 Å². The van der Waals surface area contributed by atoms with Crippen molar-refractivity contribution in [1.82, 2.24) is 10.2 Å². The molecule has 132 valence electrons. The average molecular weight is 388 g/mol. The van der Waals surface area contributed by atoms with Gasteiger partial charge in [0.05, 0.1) is 11.1 Å². The van der Waals surface area contributed by atoms with Gasteiger partial charge in [-0.25, -0.2) is 0 Å². The van der Waals surface area contributed by atoms with Gasteiger partial charge in [0.1, 0.15) is 6.54 Å². The lowest BCUT2D eigenvalue weighted by atomic mass is 10.1. The number of anilines is 1. The number of hydrogen-bond acceptors (Lipinski definition) is 4. The zero-order chi connectivity index (χ0) is 18.8. The van der Waals surface area contributed by atoms with Gasteiger partial charge in [-0.1, -0.05) is 29.8 Å². The summed E-state index contributed by atoms with van der Waals surface area (Å²) in [7, 11) is 0. The van der Waals surface area contributed by atoms with Crippen LogP contribution in [0.5, 0.6) is 0 Å². The minimum absolute atomic E-state index is 0.0528. The van der Waals surface area contributed by atoms with E-state index in [4.69, 9.17) is 23.8 Å². The monoisotopic (exact) mass is 387 g/mol. The van der Waals surface area contributed by atoms with Crippen molar-refractivity contribution in [2.24, 2.45) is 0 Å². The molecule has 26 heavy (non-hydrogen) atoms. The fourth-order valence-corrected chi connectivity index (χ4v) is 2.99. The number of amides is 3. The van der Waals surface area contributed by atoms with Crippen LogP contribution in [0.4, 0.5) is 5.69 Å². The van der Waals surface area contributed by atoms with E-state index in [0.717, 1.165) is 10.5 Å². The highest BCUT2D eigenvalue weighted by atomic mass is 35.5. The summed E-state index contributed by atoms with van der Waals surface area (Å²) < 4.78 is 0. The zero-order valence-corrected chi connectivity index (χ0v) is 15.3. The zero-order valence-electron chi connectivity index (χ0n) is 13.7. The van der Waals surface area contributed by atoms with Crippen molar-refractivity contribution in [2.75, 3.05) is 11.9 Å². The van der Waals surface area contributed by atoms with Crippen molar-refractivity contribution < 1.29 is 14.4 Å². The molecule has 0 spiro atoms. The standard InChI is InChI=1S/C18H14ClN3O3S/c1-10-13(19)7-4-8-14(10)20-18(26)21-15(23)9-22-16(24)11-5-2-3-6-12(11)17(22)25/h2-8H,9H2,1H3,(H2,20,21,23,26). The fraction of sp³-hybridized carbons (Fsp3) is 0.111. The Kier molecular flexibility index (Phi) is 5.01. The van der Waals surface area contributed by atoms with E-state index in [1.165, 1.54) is 0 Å². The molecule has 0 atom stereocenters. The summed E-state index contributed by atoms with van der Waals surface area (Å²) in [5.41, 5.74) is 2.02. The summed E-state index contributed by atoms with van der Waals surface area (Å²) >= 11 is 11.2. The van der Waals surface area contributed by atoms with Crippen LogP contribution in [0.25, 0.3) is 0 Å². The van der Waals surface area contributed by atoms with Crippen LogP contribution in [0.1, 0.15) is 26.3 Å². The first-order chi connectivity index (χ1) is 12.4. The predicted molar refractivity (Wildman–Crippen MR) is 102 cm³/mol. The molecule has 0 aromatic heterocycles. The van der Waals surface area contributed by atoms with E-state index >= 15 is 0 Å². The average Bonchev–Trinajstić information content (AvgIpc) is 2.84. The summed E-state index contributed by atoms with van der Waals surface area (Å²) in [6.45, 7) is 1.40. The maximum absolute atomic E-state index is 12.3. The minimum atomic E-state index is -0.573. The molecule has 2 N–H and O–H groups in total. The van der Waals surface area contributed by atoms with Crippen LogP contribution in [0.15, 0.2) is 42.5 Å². The smallest absolute Gasteiger partial charge is 0.262 e. The van der Waals surface area contributed by atoms with Crippen molar-refractivity contribution in [2.45, 2.75) is 6.92 Å².